The van der Waals surface area contributed by atoms with Crippen LogP contribution >= 0.6 is 0 Å². The first-order chi connectivity index (χ1) is 18.5. The molecular weight excluding hydrogens is 492 g/mol. The lowest BCUT2D eigenvalue weighted by Crippen LogP contribution is -2.49. The Balaban J connectivity index is 1.36. The number of aliphatic hydroxyl groups is 1. The molecular formula is C25H30N8O5. The summed E-state index contributed by atoms with van der Waals surface area (Å²) < 4.78 is 12.4. The number of urea groups is 1. The monoisotopic (exact) mass is 522 g/mol. The zero-order valence-corrected chi connectivity index (χ0v) is 21.3. The molecule has 200 valence electrons. The maximum Gasteiger partial charge on any atom is 0.320 e. The molecule has 38 heavy (non-hydrogen) atoms. The predicted octanol–water partition coefficient (Wildman–Crippen LogP) is 1.36. The number of pyridine rings is 1. The van der Waals surface area contributed by atoms with Crippen LogP contribution in [0.2, 0.25) is 0 Å². The topological polar surface area (TPSA) is 148 Å². The Morgan fingerprint density at radius 3 is 2.74 bits per heavy atom. The number of anilines is 1. The normalized spacial score (nSPS) is 16.1. The van der Waals surface area contributed by atoms with E-state index >= 15 is 0 Å². The van der Waals surface area contributed by atoms with Crippen molar-refractivity contribution in [3.05, 3.63) is 47.0 Å². The molecule has 2 aromatic heterocycles. The molecule has 1 saturated heterocycles. The highest BCUT2D eigenvalue weighted by Gasteiger charge is 2.28. The maximum atomic E-state index is 13.3. The Hall–Kier alpha value is -4.10. The summed E-state index contributed by atoms with van der Waals surface area (Å²) in [7, 11) is 1.52. The van der Waals surface area contributed by atoms with Crippen LogP contribution in [-0.2, 0) is 17.7 Å². The fourth-order valence-electron chi connectivity index (χ4n) is 4.60. The number of amides is 3. The number of nitrogens with one attached hydrogen (secondary N) is 1. The summed E-state index contributed by atoms with van der Waals surface area (Å²) in [5, 5.41) is 24.0. The molecule has 3 amide bonds. The zero-order chi connectivity index (χ0) is 26.6. The van der Waals surface area contributed by atoms with Crippen molar-refractivity contribution in [2.24, 2.45) is 0 Å². The quantitative estimate of drug-likeness (QED) is 0.489. The van der Waals surface area contributed by atoms with Crippen LogP contribution in [0.1, 0.15) is 34.5 Å². The van der Waals surface area contributed by atoms with Crippen molar-refractivity contribution in [3.63, 3.8) is 0 Å². The molecule has 3 aromatic rings. The van der Waals surface area contributed by atoms with Gasteiger partial charge in [-0.3, -0.25) is 4.79 Å². The van der Waals surface area contributed by atoms with Crippen LogP contribution in [0.3, 0.4) is 0 Å². The molecule has 1 atom stereocenters. The minimum atomic E-state index is -0.394. The van der Waals surface area contributed by atoms with Gasteiger partial charge in [0, 0.05) is 26.2 Å². The highest BCUT2D eigenvalue weighted by molar-refractivity contribution is 6.06. The maximum absolute atomic E-state index is 13.3. The minimum absolute atomic E-state index is 0.0142. The molecule has 0 radical (unpaired) electrons. The van der Waals surface area contributed by atoms with Crippen molar-refractivity contribution in [3.8, 4) is 17.3 Å². The van der Waals surface area contributed by atoms with E-state index in [0.29, 0.717) is 74.5 Å². The van der Waals surface area contributed by atoms with Gasteiger partial charge in [-0.1, -0.05) is 6.07 Å². The standard InChI is InChI=1S/C25H30N8O5/c1-16(15-34)33-23(28-29-30-33)20-4-3-5-22(26-20)27-24(35)19-12-18-14-32(7-6-17(18)13-21(19)37-2)25(36)31-8-10-38-11-9-31/h3-5,12-13,16,34H,6-11,14-15H2,1-2H3,(H,26,27,35)/t16-/m1/s1. The van der Waals surface area contributed by atoms with E-state index in [1.807, 2.05) is 15.9 Å². The molecule has 5 rings (SSSR count). The summed E-state index contributed by atoms with van der Waals surface area (Å²) in [5.74, 6) is 0.738. The van der Waals surface area contributed by atoms with E-state index in [1.165, 1.54) is 11.8 Å². The van der Waals surface area contributed by atoms with Gasteiger partial charge in [0.25, 0.3) is 5.91 Å². The number of carbonyl (C=O) groups is 2. The van der Waals surface area contributed by atoms with Crippen molar-refractivity contribution >= 4 is 17.8 Å². The minimum Gasteiger partial charge on any atom is -0.496 e. The third-order valence-electron chi connectivity index (χ3n) is 6.73. The van der Waals surface area contributed by atoms with Crippen LogP contribution in [-0.4, -0.2) is 98.6 Å². The van der Waals surface area contributed by atoms with Gasteiger partial charge in [0.15, 0.2) is 0 Å². The Kier molecular flexibility index (Phi) is 7.47. The lowest BCUT2D eigenvalue weighted by atomic mass is 9.96. The van der Waals surface area contributed by atoms with Gasteiger partial charge in [-0.25, -0.2) is 14.5 Å². The van der Waals surface area contributed by atoms with Gasteiger partial charge in [-0.2, -0.15) is 0 Å². The first-order valence-electron chi connectivity index (χ1n) is 12.5. The van der Waals surface area contributed by atoms with E-state index in [0.717, 1.165) is 11.1 Å². The number of ether oxygens (including phenoxy) is 2. The number of nitrogens with zero attached hydrogens (tertiary/aromatic N) is 7. The number of tetrazole rings is 1. The van der Waals surface area contributed by atoms with E-state index < -0.39 is 5.91 Å². The van der Waals surface area contributed by atoms with Gasteiger partial charge < -0.3 is 29.7 Å². The third-order valence-corrected chi connectivity index (χ3v) is 6.73. The molecule has 0 spiro atoms. The number of fused-ring (bicyclic) bond motifs is 1. The fourth-order valence-corrected chi connectivity index (χ4v) is 4.60. The number of aliphatic hydroxyl groups excluding tert-OH is 1. The molecule has 4 heterocycles. The molecule has 0 saturated carbocycles. The van der Waals surface area contributed by atoms with Crippen LogP contribution in [0.4, 0.5) is 10.6 Å². The summed E-state index contributed by atoms with van der Waals surface area (Å²) in [5.41, 5.74) is 2.75. The van der Waals surface area contributed by atoms with Crippen LogP contribution in [0.25, 0.3) is 11.5 Å². The average molecular weight is 523 g/mol. The molecule has 2 aliphatic heterocycles. The summed E-state index contributed by atoms with van der Waals surface area (Å²) in [4.78, 5) is 34.5. The highest BCUT2D eigenvalue weighted by atomic mass is 16.5. The molecule has 0 aliphatic carbocycles. The van der Waals surface area contributed by atoms with Crippen molar-refractivity contribution in [2.75, 3.05) is 51.9 Å². The highest BCUT2D eigenvalue weighted by Crippen LogP contribution is 2.29. The molecule has 1 fully saturated rings. The van der Waals surface area contributed by atoms with Crippen molar-refractivity contribution in [1.29, 1.82) is 0 Å². The van der Waals surface area contributed by atoms with Crippen LogP contribution in [0.15, 0.2) is 30.3 Å². The SMILES string of the molecule is COc1cc2c(cc1C(=O)Nc1cccc(-c3nnnn3[C@H](C)CO)n1)CN(C(=O)N1CCOCC1)CC2. The van der Waals surface area contributed by atoms with Gasteiger partial charge in [0.2, 0.25) is 5.82 Å². The Morgan fingerprint density at radius 1 is 1.16 bits per heavy atom. The van der Waals surface area contributed by atoms with Gasteiger partial charge in [0.05, 0.1) is 38.5 Å². The number of carbonyl (C=O) groups excluding carboxylic acids is 2. The first-order valence-corrected chi connectivity index (χ1v) is 12.5. The number of aromatic nitrogens is 5. The van der Waals surface area contributed by atoms with Crippen molar-refractivity contribution in [2.45, 2.75) is 25.9 Å². The number of rotatable bonds is 6. The third kappa shape index (κ3) is 5.15. The largest absolute Gasteiger partial charge is 0.496 e. The predicted molar refractivity (Wildman–Crippen MR) is 136 cm³/mol. The van der Waals surface area contributed by atoms with Crippen LogP contribution < -0.4 is 10.1 Å². The van der Waals surface area contributed by atoms with E-state index in [-0.39, 0.29) is 18.7 Å². The zero-order valence-electron chi connectivity index (χ0n) is 21.3. The first kappa shape index (κ1) is 25.5. The van der Waals surface area contributed by atoms with Gasteiger partial charge in [0.1, 0.15) is 17.3 Å². The van der Waals surface area contributed by atoms with E-state index in [4.69, 9.17) is 9.47 Å². The Morgan fingerprint density at radius 2 is 1.97 bits per heavy atom. The average Bonchev–Trinajstić information content (AvgIpc) is 3.46. The second-order valence-electron chi connectivity index (χ2n) is 9.22. The number of benzene rings is 1. The Labute approximate surface area is 219 Å². The van der Waals surface area contributed by atoms with Crippen molar-refractivity contribution in [1.82, 2.24) is 35.0 Å². The summed E-state index contributed by atoms with van der Waals surface area (Å²) in [6.07, 6.45) is 0.675. The fraction of sp³-hybridized carbons (Fsp3) is 0.440. The second kappa shape index (κ2) is 11.1. The number of hydrogen-bond donors (Lipinski definition) is 2. The number of morpholine rings is 1. The van der Waals surface area contributed by atoms with Gasteiger partial charge in [-0.05, 0) is 59.2 Å². The molecule has 1 aromatic carbocycles. The lowest BCUT2D eigenvalue weighted by molar-refractivity contribution is 0.0421. The Bertz CT molecular complexity index is 1320. The molecule has 0 bridgehead atoms. The molecule has 2 N–H and O–H groups in total. The molecule has 0 unspecified atom stereocenters. The lowest BCUT2D eigenvalue weighted by Gasteiger charge is -2.35. The van der Waals surface area contributed by atoms with Crippen LogP contribution in [0.5, 0.6) is 5.75 Å². The number of methoxy groups -OCH3 is 1. The van der Waals surface area contributed by atoms with Gasteiger partial charge in [-0.15, -0.1) is 5.10 Å². The van der Waals surface area contributed by atoms with E-state index in [9.17, 15) is 14.7 Å². The second-order valence-corrected chi connectivity index (χ2v) is 9.22. The smallest absolute Gasteiger partial charge is 0.320 e. The molecule has 13 heteroatoms. The van der Waals surface area contributed by atoms with Gasteiger partial charge >= 0.3 is 6.03 Å². The molecule has 13 nitrogen and oxygen atoms in total. The summed E-state index contributed by atoms with van der Waals surface area (Å²) >= 11 is 0. The number of hydrogen-bond acceptors (Lipinski definition) is 9. The summed E-state index contributed by atoms with van der Waals surface area (Å²) in [6, 6.07) is 8.43. The van der Waals surface area contributed by atoms with E-state index in [2.05, 4.69) is 25.8 Å². The summed E-state index contributed by atoms with van der Waals surface area (Å²) in [6.45, 7) is 4.90. The van der Waals surface area contributed by atoms with E-state index in [1.54, 1.807) is 31.2 Å². The molecule has 2 aliphatic rings. The van der Waals surface area contributed by atoms with Crippen LogP contribution in [0, 0.1) is 0 Å². The van der Waals surface area contributed by atoms with Crippen molar-refractivity contribution < 1.29 is 24.2 Å².